The number of aliphatic hydroxyl groups excluding tert-OH is 1. The second-order valence-electron chi connectivity index (χ2n) is 6.35. The van der Waals surface area contributed by atoms with Gasteiger partial charge in [-0.25, -0.2) is 0 Å². The number of ketones is 1. The number of carbonyl (C=O) groups excluding carboxylic acids is 1. The van der Waals surface area contributed by atoms with E-state index in [-0.39, 0.29) is 19.0 Å². The number of methoxy groups -OCH3 is 5. The van der Waals surface area contributed by atoms with Crippen LogP contribution in [0.15, 0.2) is 36.4 Å². The molecule has 2 aromatic rings. The van der Waals surface area contributed by atoms with E-state index in [1.165, 1.54) is 47.7 Å². The number of aliphatic hydroxyl groups is 1. The van der Waals surface area contributed by atoms with Gasteiger partial charge in [-0.1, -0.05) is 12.2 Å². The Bertz CT molecular complexity index is 928. The fourth-order valence-electron chi connectivity index (χ4n) is 2.90. The van der Waals surface area contributed by atoms with Crippen molar-refractivity contribution in [2.45, 2.75) is 0 Å². The Morgan fingerprint density at radius 2 is 1.12 bits per heavy atom. The van der Waals surface area contributed by atoms with E-state index in [1.807, 2.05) is 0 Å². The second-order valence-corrected chi connectivity index (χ2v) is 6.35. The lowest BCUT2D eigenvalue weighted by Gasteiger charge is -2.14. The van der Waals surface area contributed by atoms with Gasteiger partial charge in [0.2, 0.25) is 11.5 Å². The highest BCUT2D eigenvalue weighted by Crippen LogP contribution is 2.39. The molecule has 0 saturated carbocycles. The molecule has 0 bridgehead atoms. The Hall–Kier alpha value is -3.65. The second kappa shape index (κ2) is 12.3. The molecule has 0 amide bonds. The van der Waals surface area contributed by atoms with Crippen molar-refractivity contribution in [3.8, 4) is 34.5 Å². The van der Waals surface area contributed by atoms with Gasteiger partial charge in [0.25, 0.3) is 0 Å². The standard InChI is InChI=1S/C24H28O8/c1-27-19-12-16(13-20(28-2)23(19)31-5)6-8-18(26)9-7-17-14-21(29-3)24(32-11-10-25)22(15-17)30-4/h6-9,12-15,25H,10-11H2,1-5H3/b8-6+,9-7+. The van der Waals surface area contributed by atoms with Crippen molar-refractivity contribution in [1.82, 2.24) is 0 Å². The van der Waals surface area contributed by atoms with Crippen molar-refractivity contribution in [2.24, 2.45) is 0 Å². The maximum Gasteiger partial charge on any atom is 0.203 e. The highest BCUT2D eigenvalue weighted by Gasteiger charge is 2.14. The van der Waals surface area contributed by atoms with Gasteiger partial charge in [0.15, 0.2) is 28.8 Å². The lowest BCUT2D eigenvalue weighted by molar-refractivity contribution is -0.110. The molecule has 32 heavy (non-hydrogen) atoms. The molecule has 0 unspecified atom stereocenters. The minimum absolute atomic E-state index is 0.103. The summed E-state index contributed by atoms with van der Waals surface area (Å²) in [5.41, 5.74) is 1.40. The van der Waals surface area contributed by atoms with Crippen LogP contribution < -0.4 is 28.4 Å². The lowest BCUT2D eigenvalue weighted by Crippen LogP contribution is -2.05. The van der Waals surface area contributed by atoms with Crippen molar-refractivity contribution in [2.75, 3.05) is 48.8 Å². The minimum Gasteiger partial charge on any atom is -0.493 e. The van der Waals surface area contributed by atoms with Crippen LogP contribution in [-0.2, 0) is 4.79 Å². The van der Waals surface area contributed by atoms with Crippen LogP contribution >= 0.6 is 0 Å². The molecule has 0 aliphatic heterocycles. The molecule has 0 radical (unpaired) electrons. The zero-order valence-corrected chi connectivity index (χ0v) is 18.8. The van der Waals surface area contributed by atoms with Crippen molar-refractivity contribution in [1.29, 1.82) is 0 Å². The number of rotatable bonds is 12. The summed E-state index contributed by atoms with van der Waals surface area (Å²) < 4.78 is 32.1. The quantitative estimate of drug-likeness (QED) is 0.498. The van der Waals surface area contributed by atoms with Gasteiger partial charge < -0.3 is 33.5 Å². The molecule has 0 aromatic heterocycles. The van der Waals surface area contributed by atoms with Gasteiger partial charge in [0, 0.05) is 0 Å². The van der Waals surface area contributed by atoms with Gasteiger partial charge in [-0.2, -0.15) is 0 Å². The van der Waals surface area contributed by atoms with Gasteiger partial charge in [-0.3, -0.25) is 4.79 Å². The minimum atomic E-state index is -0.225. The zero-order valence-electron chi connectivity index (χ0n) is 18.8. The van der Waals surface area contributed by atoms with Crippen LogP contribution in [0.4, 0.5) is 0 Å². The Morgan fingerprint density at radius 3 is 1.47 bits per heavy atom. The molecule has 0 atom stereocenters. The monoisotopic (exact) mass is 444 g/mol. The Balaban J connectivity index is 2.22. The van der Waals surface area contributed by atoms with Crippen LogP contribution in [-0.4, -0.2) is 59.7 Å². The molecule has 0 aliphatic rings. The SMILES string of the molecule is COc1cc(/C=C/C(=O)/C=C/c2cc(OC)c(OCCO)c(OC)c2)cc(OC)c1OC. The molecule has 0 aliphatic carbocycles. The fraction of sp³-hybridized carbons (Fsp3) is 0.292. The molecule has 0 spiro atoms. The number of hydrogen-bond donors (Lipinski definition) is 1. The Morgan fingerprint density at radius 1 is 0.719 bits per heavy atom. The smallest absolute Gasteiger partial charge is 0.203 e. The number of hydrogen-bond acceptors (Lipinski definition) is 8. The van der Waals surface area contributed by atoms with Gasteiger partial charge >= 0.3 is 0 Å². The van der Waals surface area contributed by atoms with Gasteiger partial charge in [0.1, 0.15) is 6.61 Å². The predicted molar refractivity (Wildman–Crippen MR) is 121 cm³/mol. The molecule has 1 N–H and O–H groups in total. The summed E-state index contributed by atoms with van der Waals surface area (Å²) >= 11 is 0. The van der Waals surface area contributed by atoms with E-state index >= 15 is 0 Å². The van der Waals surface area contributed by atoms with Gasteiger partial charge in [-0.05, 0) is 47.5 Å². The molecule has 172 valence electrons. The first-order valence-electron chi connectivity index (χ1n) is 9.71. The van der Waals surface area contributed by atoms with Crippen LogP contribution in [0.2, 0.25) is 0 Å². The van der Waals surface area contributed by atoms with Crippen molar-refractivity contribution >= 4 is 17.9 Å². The average molecular weight is 444 g/mol. The Kier molecular flexibility index (Phi) is 9.43. The van der Waals surface area contributed by atoms with E-state index in [4.69, 9.17) is 33.5 Å². The first-order valence-corrected chi connectivity index (χ1v) is 9.71. The molecular weight excluding hydrogens is 416 g/mol. The normalized spacial score (nSPS) is 10.9. The van der Waals surface area contributed by atoms with E-state index in [0.717, 1.165) is 5.56 Å². The molecule has 8 nitrogen and oxygen atoms in total. The summed E-state index contributed by atoms with van der Waals surface area (Å²) in [7, 11) is 7.58. The number of allylic oxidation sites excluding steroid dienone is 2. The fourth-order valence-corrected chi connectivity index (χ4v) is 2.90. The lowest BCUT2D eigenvalue weighted by atomic mass is 10.1. The van der Waals surface area contributed by atoms with Crippen molar-refractivity contribution < 1.29 is 38.3 Å². The third-order valence-corrected chi connectivity index (χ3v) is 4.39. The van der Waals surface area contributed by atoms with E-state index < -0.39 is 0 Å². The largest absolute Gasteiger partial charge is 0.493 e. The third-order valence-electron chi connectivity index (χ3n) is 4.39. The molecule has 8 heteroatoms. The highest BCUT2D eigenvalue weighted by molar-refractivity contribution is 6.04. The molecule has 0 fully saturated rings. The summed E-state index contributed by atoms with van der Waals surface area (Å²) in [4.78, 5) is 12.4. The molecule has 2 rings (SSSR count). The number of carbonyl (C=O) groups is 1. The van der Waals surface area contributed by atoms with Crippen LogP contribution in [0.3, 0.4) is 0 Å². The summed E-state index contributed by atoms with van der Waals surface area (Å²) in [6, 6.07) is 6.91. The third kappa shape index (κ3) is 6.18. The van der Waals surface area contributed by atoms with E-state index in [0.29, 0.717) is 40.1 Å². The number of ether oxygens (including phenoxy) is 6. The van der Waals surface area contributed by atoms with Crippen molar-refractivity contribution in [3.05, 3.63) is 47.5 Å². The van der Waals surface area contributed by atoms with E-state index in [9.17, 15) is 4.79 Å². The first-order chi connectivity index (χ1) is 15.5. The summed E-state index contributed by atoms with van der Waals surface area (Å²) in [6.45, 7) is -0.0349. The van der Waals surface area contributed by atoms with E-state index in [1.54, 1.807) is 36.4 Å². The molecule has 0 heterocycles. The topological polar surface area (TPSA) is 92.7 Å². The Labute approximate surface area is 187 Å². The molecular formula is C24H28O8. The number of benzene rings is 2. The first kappa shape index (κ1) is 24.6. The van der Waals surface area contributed by atoms with Crippen LogP contribution in [0.25, 0.3) is 12.2 Å². The van der Waals surface area contributed by atoms with E-state index in [2.05, 4.69) is 0 Å². The summed E-state index contributed by atoms with van der Waals surface area (Å²) in [5, 5.41) is 8.99. The van der Waals surface area contributed by atoms with Crippen LogP contribution in [0.5, 0.6) is 34.5 Å². The van der Waals surface area contributed by atoms with Crippen LogP contribution in [0, 0.1) is 0 Å². The van der Waals surface area contributed by atoms with Gasteiger partial charge in [0.05, 0.1) is 42.2 Å². The zero-order chi connectivity index (χ0) is 23.5. The predicted octanol–water partition coefficient (Wildman–Crippen LogP) is 3.40. The molecule has 2 aromatic carbocycles. The van der Waals surface area contributed by atoms with Crippen molar-refractivity contribution in [3.63, 3.8) is 0 Å². The van der Waals surface area contributed by atoms with Gasteiger partial charge in [-0.15, -0.1) is 0 Å². The highest BCUT2D eigenvalue weighted by atomic mass is 16.5. The maximum atomic E-state index is 12.4. The molecule has 0 saturated heterocycles. The van der Waals surface area contributed by atoms with Crippen LogP contribution in [0.1, 0.15) is 11.1 Å². The average Bonchev–Trinajstić information content (AvgIpc) is 2.83. The summed E-state index contributed by atoms with van der Waals surface area (Å²) in [5.74, 6) is 2.49. The maximum absolute atomic E-state index is 12.4. The summed E-state index contributed by atoms with van der Waals surface area (Å²) in [6.07, 6.45) is 6.16.